The van der Waals surface area contributed by atoms with E-state index in [1.54, 1.807) is 40.1 Å². The molecular weight excluding hydrogens is 751 g/mol. The molecule has 16 heteroatoms. The highest BCUT2D eigenvalue weighted by Crippen LogP contribution is 2.39. The minimum absolute atomic E-state index is 0. The number of pyridine rings is 1. The number of amides is 2. The van der Waals surface area contributed by atoms with E-state index < -0.39 is 16.1 Å². The molecule has 278 valence electrons. The molecule has 2 aliphatic heterocycles. The molecule has 2 aliphatic rings. The Balaban J connectivity index is 0.00000302. The van der Waals surface area contributed by atoms with Gasteiger partial charge < -0.3 is 25.0 Å². The second-order valence-corrected chi connectivity index (χ2v) is 14.7. The molecule has 3 heterocycles. The number of piperazine rings is 1. The molecule has 52 heavy (non-hydrogen) atoms. The summed E-state index contributed by atoms with van der Waals surface area (Å²) in [6.45, 7) is 5.16. The van der Waals surface area contributed by atoms with Crippen molar-refractivity contribution in [1.29, 1.82) is 5.41 Å². The van der Waals surface area contributed by atoms with Crippen LogP contribution < -0.4 is 15.2 Å². The Morgan fingerprint density at radius 3 is 2.27 bits per heavy atom. The van der Waals surface area contributed by atoms with Gasteiger partial charge in [0.25, 0.3) is 5.91 Å². The SMILES string of the molecule is COc1c(S(=O)(=O)N2CCC[C@H]2C(=O)N2CCN(C(=O)c3ccc(C(=N)N)cc3)CC2)ccc(Cl)c1COc1cccc2c(C)cc(C)nc12.Cl.Cl. The molecule has 0 unspecified atom stereocenters. The molecule has 0 spiro atoms. The van der Waals surface area contributed by atoms with Crippen molar-refractivity contribution in [3.63, 3.8) is 0 Å². The molecule has 3 aromatic carbocycles. The average molecular weight is 792 g/mol. The monoisotopic (exact) mass is 790 g/mol. The lowest BCUT2D eigenvalue weighted by Crippen LogP contribution is -2.55. The quantitative estimate of drug-likeness (QED) is 0.170. The Morgan fingerprint density at radius 1 is 0.962 bits per heavy atom. The highest BCUT2D eigenvalue weighted by atomic mass is 35.5. The van der Waals surface area contributed by atoms with Crippen molar-refractivity contribution in [2.75, 3.05) is 39.8 Å². The van der Waals surface area contributed by atoms with Gasteiger partial charge in [-0.05, 0) is 68.7 Å². The highest BCUT2D eigenvalue weighted by molar-refractivity contribution is 7.89. The smallest absolute Gasteiger partial charge is 0.253 e. The Kier molecular flexibility index (Phi) is 13.0. The number of nitrogens with zero attached hydrogens (tertiary/aromatic N) is 4. The van der Waals surface area contributed by atoms with E-state index in [4.69, 9.17) is 32.2 Å². The van der Waals surface area contributed by atoms with Crippen LogP contribution in [0.4, 0.5) is 0 Å². The zero-order valence-corrected chi connectivity index (χ0v) is 32.1. The number of sulfonamides is 1. The standard InChI is InChI=1S/C36H39ClN6O6S.2ClH/c1-22-20-23(2)40-32-26(22)6-4-8-30(32)49-21-27-28(37)13-14-31(33(27)48-3)50(46,47)43-15-5-7-29(43)36(45)42-18-16-41(17-19-42)35(44)25-11-9-24(10-12-25)34(38)39;;/h4,6,8-14,20,29H,5,7,15-19,21H2,1-3H3,(H3,38,39);2*1H/t29-;;/m0../s1. The number of carbonyl (C=O) groups excluding carboxylic acids is 2. The lowest BCUT2D eigenvalue weighted by molar-refractivity contribution is -0.136. The molecule has 1 atom stereocenters. The van der Waals surface area contributed by atoms with Crippen LogP contribution >= 0.6 is 36.4 Å². The maximum atomic E-state index is 14.3. The highest BCUT2D eigenvalue weighted by Gasteiger charge is 2.43. The number of nitrogens with one attached hydrogen (secondary N) is 1. The zero-order chi connectivity index (χ0) is 35.7. The number of nitrogen functional groups attached to an aromatic ring is 1. The third-order valence-corrected chi connectivity index (χ3v) is 11.6. The van der Waals surface area contributed by atoms with Gasteiger partial charge in [0.2, 0.25) is 15.9 Å². The number of aryl methyl sites for hydroxylation is 2. The van der Waals surface area contributed by atoms with Crippen molar-refractivity contribution in [2.24, 2.45) is 5.73 Å². The predicted molar refractivity (Wildman–Crippen MR) is 205 cm³/mol. The summed E-state index contributed by atoms with van der Waals surface area (Å²) in [6.07, 6.45) is 0.891. The number of benzene rings is 3. The van der Waals surface area contributed by atoms with Gasteiger partial charge in [-0.1, -0.05) is 35.9 Å². The number of hydrogen-bond donors (Lipinski definition) is 2. The van der Waals surface area contributed by atoms with Gasteiger partial charge in [-0.3, -0.25) is 15.0 Å². The first-order chi connectivity index (χ1) is 23.9. The van der Waals surface area contributed by atoms with Crippen molar-refractivity contribution in [1.82, 2.24) is 19.1 Å². The Bertz CT molecular complexity index is 2090. The van der Waals surface area contributed by atoms with E-state index in [0.29, 0.717) is 53.9 Å². The van der Waals surface area contributed by atoms with Crippen molar-refractivity contribution in [3.8, 4) is 11.5 Å². The third kappa shape index (κ3) is 7.93. The van der Waals surface area contributed by atoms with E-state index in [1.807, 2.05) is 32.0 Å². The molecule has 6 rings (SSSR count). The van der Waals surface area contributed by atoms with Crippen molar-refractivity contribution in [3.05, 3.63) is 93.6 Å². The van der Waals surface area contributed by atoms with Crippen molar-refractivity contribution >= 4 is 75.0 Å². The molecule has 0 radical (unpaired) electrons. The van der Waals surface area contributed by atoms with Crippen LogP contribution in [0.3, 0.4) is 0 Å². The van der Waals surface area contributed by atoms with Gasteiger partial charge in [-0.15, -0.1) is 24.8 Å². The fourth-order valence-electron chi connectivity index (χ4n) is 6.68. The molecule has 2 fully saturated rings. The summed E-state index contributed by atoms with van der Waals surface area (Å²) in [6, 6.07) is 16.2. The molecule has 12 nitrogen and oxygen atoms in total. The minimum atomic E-state index is -4.21. The van der Waals surface area contributed by atoms with Crippen LogP contribution in [0.2, 0.25) is 5.02 Å². The zero-order valence-electron chi connectivity index (χ0n) is 28.9. The maximum Gasteiger partial charge on any atom is 0.253 e. The van der Waals surface area contributed by atoms with Crippen LogP contribution in [-0.4, -0.2) is 91.0 Å². The van der Waals surface area contributed by atoms with Crippen LogP contribution in [0.1, 0.15) is 45.6 Å². The number of rotatable bonds is 9. The Hall–Kier alpha value is -4.14. The molecular formula is C36H41Cl3N6O6S. The number of nitrogens with two attached hydrogens (primary N) is 1. The summed E-state index contributed by atoms with van der Waals surface area (Å²) in [5, 5.41) is 8.77. The van der Waals surface area contributed by atoms with Crippen LogP contribution in [0.25, 0.3) is 10.9 Å². The summed E-state index contributed by atoms with van der Waals surface area (Å²) >= 11 is 6.61. The first-order valence-corrected chi connectivity index (χ1v) is 18.1. The number of methoxy groups -OCH3 is 1. The molecule has 0 bridgehead atoms. The van der Waals surface area contributed by atoms with Gasteiger partial charge in [-0.25, -0.2) is 13.4 Å². The van der Waals surface area contributed by atoms with Gasteiger partial charge in [0, 0.05) is 54.9 Å². The first-order valence-electron chi connectivity index (χ1n) is 16.3. The van der Waals surface area contributed by atoms with Crippen molar-refractivity contribution in [2.45, 2.75) is 44.2 Å². The second-order valence-electron chi connectivity index (χ2n) is 12.5. The van der Waals surface area contributed by atoms with Crippen LogP contribution in [0.15, 0.2) is 65.6 Å². The Labute approximate surface area is 320 Å². The van der Waals surface area contributed by atoms with Gasteiger partial charge in [-0.2, -0.15) is 4.31 Å². The summed E-state index contributed by atoms with van der Waals surface area (Å²) in [5.74, 6) is 0.0179. The summed E-state index contributed by atoms with van der Waals surface area (Å²) in [4.78, 5) is 34.8. The van der Waals surface area contributed by atoms with E-state index in [9.17, 15) is 18.0 Å². The lowest BCUT2D eigenvalue weighted by atomic mass is 10.1. The number of amidine groups is 1. The molecule has 3 N–H and O–H groups in total. The molecule has 0 aliphatic carbocycles. The van der Waals surface area contributed by atoms with Gasteiger partial charge in [0.05, 0.1) is 17.7 Å². The minimum Gasteiger partial charge on any atom is -0.495 e. The number of halogens is 3. The summed E-state index contributed by atoms with van der Waals surface area (Å²) in [7, 11) is -2.83. The first kappa shape index (κ1) is 40.6. The molecule has 2 amide bonds. The average Bonchev–Trinajstić information content (AvgIpc) is 3.62. The van der Waals surface area contributed by atoms with Gasteiger partial charge >= 0.3 is 0 Å². The molecule has 2 saturated heterocycles. The van der Waals surface area contributed by atoms with E-state index >= 15 is 0 Å². The van der Waals surface area contributed by atoms with Crippen LogP contribution in [-0.2, 0) is 21.4 Å². The molecule has 4 aromatic rings. The van der Waals surface area contributed by atoms with Crippen LogP contribution in [0, 0.1) is 19.3 Å². The largest absolute Gasteiger partial charge is 0.495 e. The maximum absolute atomic E-state index is 14.3. The fraction of sp³-hybridized carbons (Fsp3) is 0.333. The number of fused-ring (bicyclic) bond motifs is 1. The van der Waals surface area contributed by atoms with Gasteiger partial charge in [0.1, 0.15) is 40.4 Å². The lowest BCUT2D eigenvalue weighted by Gasteiger charge is -2.37. The van der Waals surface area contributed by atoms with Crippen LogP contribution in [0.5, 0.6) is 11.5 Å². The van der Waals surface area contributed by atoms with Crippen molar-refractivity contribution < 1.29 is 27.5 Å². The second kappa shape index (κ2) is 16.7. The topological polar surface area (TPSA) is 159 Å². The third-order valence-electron chi connectivity index (χ3n) is 9.28. The Morgan fingerprint density at radius 2 is 1.62 bits per heavy atom. The van der Waals surface area contributed by atoms with E-state index in [1.165, 1.54) is 23.5 Å². The number of hydrogen-bond acceptors (Lipinski definition) is 8. The number of aromatic nitrogens is 1. The predicted octanol–water partition coefficient (Wildman–Crippen LogP) is 5.36. The fourth-order valence-corrected chi connectivity index (χ4v) is 8.72. The van der Waals surface area contributed by atoms with Gasteiger partial charge in [0.15, 0.2) is 0 Å². The van der Waals surface area contributed by atoms with E-state index in [0.717, 1.165) is 16.6 Å². The number of carbonyl (C=O) groups is 2. The van der Waals surface area contributed by atoms with E-state index in [2.05, 4.69) is 4.98 Å². The number of ether oxygens (including phenoxy) is 2. The number of para-hydroxylation sites is 1. The summed E-state index contributed by atoms with van der Waals surface area (Å²) in [5.41, 5.74) is 9.46. The van der Waals surface area contributed by atoms with E-state index in [-0.39, 0.29) is 84.4 Å². The molecule has 1 aromatic heterocycles. The summed E-state index contributed by atoms with van der Waals surface area (Å²) < 4.78 is 41.7. The molecule has 0 saturated carbocycles. The normalized spacial score (nSPS) is 16.2.